The predicted molar refractivity (Wildman–Crippen MR) is 116 cm³/mol. The molecule has 0 aromatic heterocycles. The van der Waals surface area contributed by atoms with Crippen LogP contribution in [0.2, 0.25) is 10.0 Å². The Balaban J connectivity index is 2.12. The number of hydrogen-bond acceptors (Lipinski definition) is 2. The minimum atomic E-state index is -0.387. The highest BCUT2D eigenvalue weighted by Gasteiger charge is 2.26. The zero-order valence-corrected chi connectivity index (χ0v) is 17.8. The number of benzene rings is 2. The first kappa shape index (κ1) is 22.4. The molecule has 0 bridgehead atoms. The molecule has 0 saturated carbocycles. The summed E-state index contributed by atoms with van der Waals surface area (Å²) in [5, 5.41) is 0.674. The molecule has 0 atom stereocenters. The van der Waals surface area contributed by atoms with Gasteiger partial charge in [0, 0.05) is 6.54 Å². The van der Waals surface area contributed by atoms with E-state index >= 15 is 0 Å². The molecule has 0 N–H and O–H groups in total. The van der Waals surface area contributed by atoms with Crippen LogP contribution in [-0.2, 0) is 0 Å². The number of amides is 2. The SMILES string of the molecule is CCCCCCCCCN(C(=O)c1ccccc1Cl)C(=O)c1ccccc1Cl. The fourth-order valence-electron chi connectivity index (χ4n) is 3.08. The van der Waals surface area contributed by atoms with Crippen molar-refractivity contribution in [3.05, 3.63) is 69.7 Å². The third-order valence-corrected chi connectivity index (χ3v) is 5.34. The van der Waals surface area contributed by atoms with Crippen LogP contribution < -0.4 is 0 Å². The molecule has 2 rings (SSSR count). The Kier molecular flexibility index (Phi) is 9.52. The Morgan fingerprint density at radius 2 is 1.14 bits per heavy atom. The van der Waals surface area contributed by atoms with E-state index in [1.807, 2.05) is 0 Å². The van der Waals surface area contributed by atoms with Gasteiger partial charge in [-0.25, -0.2) is 0 Å². The zero-order chi connectivity index (χ0) is 20.4. The number of nitrogens with zero attached hydrogens (tertiary/aromatic N) is 1. The van der Waals surface area contributed by atoms with E-state index in [2.05, 4.69) is 6.92 Å². The molecule has 28 heavy (non-hydrogen) atoms. The van der Waals surface area contributed by atoms with Gasteiger partial charge < -0.3 is 0 Å². The lowest BCUT2D eigenvalue weighted by Gasteiger charge is -2.22. The minimum absolute atomic E-state index is 0.326. The van der Waals surface area contributed by atoms with Crippen LogP contribution in [0.1, 0.15) is 72.6 Å². The summed E-state index contributed by atoms with van der Waals surface area (Å²) in [6.07, 6.45) is 7.73. The fourth-order valence-corrected chi connectivity index (χ4v) is 3.52. The van der Waals surface area contributed by atoms with Crippen LogP contribution in [0, 0.1) is 0 Å². The molecule has 0 unspecified atom stereocenters. The minimum Gasteiger partial charge on any atom is -0.274 e. The third kappa shape index (κ3) is 6.35. The van der Waals surface area contributed by atoms with Gasteiger partial charge in [0.1, 0.15) is 0 Å². The van der Waals surface area contributed by atoms with Gasteiger partial charge in [0.15, 0.2) is 0 Å². The lowest BCUT2D eigenvalue weighted by atomic mass is 10.1. The highest BCUT2D eigenvalue weighted by Crippen LogP contribution is 2.22. The quantitative estimate of drug-likeness (QED) is 0.306. The molecule has 5 heteroatoms. The second-order valence-corrected chi connectivity index (χ2v) is 7.66. The Morgan fingerprint density at radius 1 is 0.714 bits per heavy atom. The van der Waals surface area contributed by atoms with Crippen molar-refractivity contribution < 1.29 is 9.59 Å². The number of unbranched alkanes of at least 4 members (excludes halogenated alkanes) is 6. The molecule has 2 amide bonds. The van der Waals surface area contributed by atoms with E-state index in [0.717, 1.165) is 19.3 Å². The highest BCUT2D eigenvalue weighted by atomic mass is 35.5. The van der Waals surface area contributed by atoms with Crippen molar-refractivity contribution in [1.29, 1.82) is 0 Å². The van der Waals surface area contributed by atoms with E-state index < -0.39 is 0 Å². The summed E-state index contributed by atoms with van der Waals surface area (Å²) in [6.45, 7) is 2.54. The second kappa shape index (κ2) is 11.9. The number of hydrogen-bond donors (Lipinski definition) is 0. The average Bonchev–Trinajstić information content (AvgIpc) is 2.70. The molecular formula is C23H27Cl2NO2. The molecule has 0 saturated heterocycles. The van der Waals surface area contributed by atoms with Crippen LogP contribution in [0.25, 0.3) is 0 Å². The van der Waals surface area contributed by atoms with Crippen molar-refractivity contribution in [2.45, 2.75) is 51.9 Å². The molecule has 2 aromatic rings. The number of halogens is 2. The first-order valence-electron chi connectivity index (χ1n) is 9.91. The molecule has 2 aromatic carbocycles. The van der Waals surface area contributed by atoms with Gasteiger partial charge in [-0.3, -0.25) is 14.5 Å². The van der Waals surface area contributed by atoms with Crippen molar-refractivity contribution in [3.63, 3.8) is 0 Å². The van der Waals surface area contributed by atoms with Crippen molar-refractivity contribution in [3.8, 4) is 0 Å². The zero-order valence-electron chi connectivity index (χ0n) is 16.3. The monoisotopic (exact) mass is 419 g/mol. The molecule has 150 valence electrons. The van der Waals surface area contributed by atoms with Crippen LogP contribution >= 0.6 is 23.2 Å². The topological polar surface area (TPSA) is 37.4 Å². The fraction of sp³-hybridized carbons (Fsp3) is 0.391. The lowest BCUT2D eigenvalue weighted by Crippen LogP contribution is -2.38. The summed E-state index contributed by atoms with van der Waals surface area (Å²) in [7, 11) is 0. The van der Waals surface area contributed by atoms with Gasteiger partial charge in [-0.05, 0) is 30.7 Å². The van der Waals surface area contributed by atoms with Gasteiger partial charge in [0.2, 0.25) is 0 Å². The summed E-state index contributed by atoms with van der Waals surface area (Å²) >= 11 is 12.4. The van der Waals surface area contributed by atoms with E-state index in [-0.39, 0.29) is 11.8 Å². The summed E-state index contributed by atoms with van der Waals surface area (Å²) in [6, 6.07) is 13.6. The van der Waals surface area contributed by atoms with Gasteiger partial charge in [0.25, 0.3) is 11.8 Å². The number of imide groups is 1. The van der Waals surface area contributed by atoms with E-state index in [0.29, 0.717) is 27.7 Å². The average molecular weight is 420 g/mol. The third-order valence-electron chi connectivity index (χ3n) is 4.68. The Morgan fingerprint density at radius 3 is 1.61 bits per heavy atom. The maximum absolute atomic E-state index is 13.1. The Bertz CT molecular complexity index is 734. The molecule has 3 nitrogen and oxygen atoms in total. The van der Waals surface area contributed by atoms with Crippen molar-refractivity contribution in [1.82, 2.24) is 4.90 Å². The number of rotatable bonds is 10. The van der Waals surface area contributed by atoms with E-state index in [9.17, 15) is 9.59 Å². The van der Waals surface area contributed by atoms with Gasteiger partial charge in [-0.15, -0.1) is 0 Å². The second-order valence-electron chi connectivity index (χ2n) is 6.84. The van der Waals surface area contributed by atoms with E-state index in [1.54, 1.807) is 48.5 Å². The highest BCUT2D eigenvalue weighted by molar-refractivity contribution is 6.35. The van der Waals surface area contributed by atoms with Crippen LogP contribution in [-0.4, -0.2) is 23.3 Å². The van der Waals surface area contributed by atoms with Crippen LogP contribution in [0.3, 0.4) is 0 Å². The van der Waals surface area contributed by atoms with Crippen LogP contribution in [0.15, 0.2) is 48.5 Å². The summed E-state index contributed by atoms with van der Waals surface area (Å²) in [4.78, 5) is 27.4. The summed E-state index contributed by atoms with van der Waals surface area (Å²) in [5.74, 6) is -0.775. The van der Waals surface area contributed by atoms with Crippen LogP contribution in [0.4, 0.5) is 0 Å². The van der Waals surface area contributed by atoms with Gasteiger partial charge in [-0.1, -0.05) is 92.9 Å². The molecule has 0 radical (unpaired) electrons. The summed E-state index contributed by atoms with van der Waals surface area (Å²) < 4.78 is 0. The Labute approximate surface area is 177 Å². The van der Waals surface area contributed by atoms with Crippen LogP contribution in [0.5, 0.6) is 0 Å². The van der Waals surface area contributed by atoms with Gasteiger partial charge in [-0.2, -0.15) is 0 Å². The van der Waals surface area contributed by atoms with Gasteiger partial charge >= 0.3 is 0 Å². The van der Waals surface area contributed by atoms with Crippen molar-refractivity contribution in [2.24, 2.45) is 0 Å². The first-order chi connectivity index (χ1) is 13.6. The van der Waals surface area contributed by atoms with E-state index in [1.165, 1.54) is 30.6 Å². The van der Waals surface area contributed by atoms with Gasteiger partial charge in [0.05, 0.1) is 21.2 Å². The van der Waals surface area contributed by atoms with E-state index in [4.69, 9.17) is 23.2 Å². The number of carbonyl (C=O) groups excluding carboxylic acids is 2. The number of carbonyl (C=O) groups is 2. The predicted octanol–water partition coefficient (Wildman–Crippen LogP) is 7.03. The Hall–Kier alpha value is -1.84. The van der Waals surface area contributed by atoms with Crippen molar-refractivity contribution >= 4 is 35.0 Å². The summed E-state index contributed by atoms with van der Waals surface area (Å²) in [5.41, 5.74) is 0.653. The smallest absolute Gasteiger partial charge is 0.262 e. The maximum Gasteiger partial charge on any atom is 0.262 e. The maximum atomic E-state index is 13.1. The molecule has 0 heterocycles. The standard InChI is InChI=1S/C23H27Cl2NO2/c1-2-3-4-5-6-7-12-17-26(22(27)18-13-8-10-15-20(18)24)23(28)19-14-9-11-16-21(19)25/h8-11,13-16H,2-7,12,17H2,1H3. The first-order valence-corrected chi connectivity index (χ1v) is 10.7. The molecule has 0 aliphatic carbocycles. The van der Waals surface area contributed by atoms with Crippen molar-refractivity contribution in [2.75, 3.05) is 6.54 Å². The molecular weight excluding hydrogens is 393 g/mol. The normalized spacial score (nSPS) is 10.7. The molecule has 0 aliphatic heterocycles. The molecule has 0 fully saturated rings. The largest absolute Gasteiger partial charge is 0.274 e. The molecule has 0 spiro atoms. The molecule has 0 aliphatic rings. The lowest BCUT2D eigenvalue weighted by molar-refractivity contribution is 0.0613.